The van der Waals surface area contributed by atoms with Gasteiger partial charge in [-0.05, 0) is 6.42 Å². The summed E-state index contributed by atoms with van der Waals surface area (Å²) >= 11 is 5.46. The number of hydrogen-bond donors (Lipinski definition) is 1. The Morgan fingerprint density at radius 2 is 2.45 bits per heavy atom. The zero-order chi connectivity index (χ0) is 8.27. The third kappa shape index (κ3) is 2.67. The maximum absolute atomic E-state index is 10.7. The second-order valence-electron chi connectivity index (χ2n) is 2.68. The molecule has 1 N–H and O–H groups in total. The van der Waals surface area contributed by atoms with Gasteiger partial charge in [0, 0.05) is 12.3 Å². The lowest BCUT2D eigenvalue weighted by atomic mass is 10.0. The molecule has 64 valence electrons. The van der Waals surface area contributed by atoms with Gasteiger partial charge in [-0.15, -0.1) is 11.6 Å². The molecule has 1 rings (SSSR count). The largest absolute Gasteiger partial charge is 0.462 e. The highest BCUT2D eigenvalue weighted by Gasteiger charge is 2.26. The van der Waals surface area contributed by atoms with Gasteiger partial charge in [0.1, 0.15) is 6.10 Å². The summed E-state index contributed by atoms with van der Waals surface area (Å²) in [5, 5.41) is 9.13. The molecular formula is C7H11ClO3. The summed E-state index contributed by atoms with van der Waals surface area (Å²) in [6.07, 6.45) is 0.565. The monoisotopic (exact) mass is 178 g/mol. The van der Waals surface area contributed by atoms with Gasteiger partial charge in [-0.2, -0.15) is 0 Å². The van der Waals surface area contributed by atoms with Gasteiger partial charge in [-0.25, -0.2) is 0 Å². The molecule has 2 unspecified atom stereocenters. The smallest absolute Gasteiger partial charge is 0.308 e. The van der Waals surface area contributed by atoms with E-state index in [2.05, 4.69) is 0 Å². The average molecular weight is 179 g/mol. The number of esters is 1. The van der Waals surface area contributed by atoms with Crippen LogP contribution in [0.4, 0.5) is 0 Å². The first-order chi connectivity index (χ1) is 5.22. The number of ether oxygens (including phenoxy) is 1. The molecule has 1 fully saturated rings. The van der Waals surface area contributed by atoms with Crippen LogP contribution in [-0.2, 0) is 9.53 Å². The summed E-state index contributed by atoms with van der Waals surface area (Å²) in [5.74, 6) is 0.142. The molecule has 0 spiro atoms. The fourth-order valence-corrected chi connectivity index (χ4v) is 1.40. The molecule has 0 aromatic heterocycles. The number of rotatable bonds is 2. The molecule has 0 aromatic rings. The Labute approximate surface area is 70.3 Å². The minimum Gasteiger partial charge on any atom is -0.462 e. The molecule has 0 saturated carbocycles. The van der Waals surface area contributed by atoms with Gasteiger partial charge in [0.25, 0.3) is 0 Å². The third-order valence-corrected chi connectivity index (χ3v) is 1.88. The lowest BCUT2D eigenvalue weighted by Crippen LogP contribution is -2.32. The Kier molecular flexibility index (Phi) is 3.15. The van der Waals surface area contributed by atoms with Gasteiger partial charge < -0.3 is 9.84 Å². The number of carbonyl (C=O) groups is 1. The van der Waals surface area contributed by atoms with E-state index in [1.54, 1.807) is 0 Å². The van der Waals surface area contributed by atoms with Crippen LogP contribution in [0.3, 0.4) is 0 Å². The van der Waals surface area contributed by atoms with Crippen molar-refractivity contribution < 1.29 is 14.6 Å². The van der Waals surface area contributed by atoms with Gasteiger partial charge in [0.15, 0.2) is 0 Å². The van der Waals surface area contributed by atoms with E-state index in [4.69, 9.17) is 21.4 Å². The Bertz CT molecular complexity index is 149. The van der Waals surface area contributed by atoms with E-state index in [-0.39, 0.29) is 18.5 Å². The second kappa shape index (κ2) is 3.93. The zero-order valence-corrected chi connectivity index (χ0v) is 6.88. The zero-order valence-electron chi connectivity index (χ0n) is 6.12. The Morgan fingerprint density at radius 3 is 3.00 bits per heavy atom. The third-order valence-electron chi connectivity index (χ3n) is 1.67. The molecule has 1 aliphatic heterocycles. The SMILES string of the molecule is O=C1CC(O)CC(CCCl)O1. The van der Waals surface area contributed by atoms with Crippen LogP contribution in [0.15, 0.2) is 0 Å². The van der Waals surface area contributed by atoms with Crippen LogP contribution >= 0.6 is 11.6 Å². The van der Waals surface area contributed by atoms with E-state index in [1.165, 1.54) is 0 Å². The molecule has 0 radical (unpaired) electrons. The molecule has 1 heterocycles. The summed E-state index contributed by atoms with van der Waals surface area (Å²) in [6.45, 7) is 0. The predicted molar refractivity (Wildman–Crippen MR) is 40.5 cm³/mol. The maximum Gasteiger partial charge on any atom is 0.308 e. The van der Waals surface area contributed by atoms with Crippen molar-refractivity contribution in [3.63, 3.8) is 0 Å². The van der Waals surface area contributed by atoms with Crippen molar-refractivity contribution in [2.24, 2.45) is 0 Å². The fourth-order valence-electron chi connectivity index (χ4n) is 1.16. The van der Waals surface area contributed by atoms with Crippen LogP contribution in [0, 0.1) is 0 Å². The van der Waals surface area contributed by atoms with Crippen LogP contribution in [0.1, 0.15) is 19.3 Å². The number of carbonyl (C=O) groups excluding carboxylic acids is 1. The Morgan fingerprint density at radius 1 is 1.73 bits per heavy atom. The molecule has 11 heavy (non-hydrogen) atoms. The van der Waals surface area contributed by atoms with Gasteiger partial charge >= 0.3 is 5.97 Å². The number of hydrogen-bond acceptors (Lipinski definition) is 3. The normalized spacial score (nSPS) is 31.6. The quantitative estimate of drug-likeness (QED) is 0.500. The molecule has 0 amide bonds. The van der Waals surface area contributed by atoms with Gasteiger partial charge in [0.05, 0.1) is 12.5 Å². The second-order valence-corrected chi connectivity index (χ2v) is 3.06. The number of halogens is 1. The van der Waals surface area contributed by atoms with E-state index < -0.39 is 6.10 Å². The van der Waals surface area contributed by atoms with Crippen LogP contribution in [0.5, 0.6) is 0 Å². The van der Waals surface area contributed by atoms with Crippen molar-refractivity contribution in [3.05, 3.63) is 0 Å². The number of aliphatic hydroxyl groups is 1. The number of alkyl halides is 1. The molecule has 4 heteroatoms. The molecule has 3 nitrogen and oxygen atoms in total. The van der Waals surface area contributed by atoms with Crippen molar-refractivity contribution in [3.8, 4) is 0 Å². The van der Waals surface area contributed by atoms with Gasteiger partial charge in [-0.3, -0.25) is 4.79 Å². The highest BCUT2D eigenvalue weighted by molar-refractivity contribution is 6.17. The molecule has 0 aliphatic carbocycles. The van der Waals surface area contributed by atoms with E-state index in [0.717, 1.165) is 0 Å². The molecule has 0 aromatic carbocycles. The number of cyclic esters (lactones) is 1. The minimum absolute atomic E-state index is 0.124. The van der Waals surface area contributed by atoms with E-state index >= 15 is 0 Å². The van der Waals surface area contributed by atoms with Gasteiger partial charge in [-0.1, -0.05) is 0 Å². The summed E-state index contributed by atoms with van der Waals surface area (Å²) in [4.78, 5) is 10.7. The maximum atomic E-state index is 10.7. The van der Waals surface area contributed by atoms with Gasteiger partial charge in [0.2, 0.25) is 0 Å². The highest BCUT2D eigenvalue weighted by atomic mass is 35.5. The first-order valence-corrected chi connectivity index (χ1v) is 4.19. The standard InChI is InChI=1S/C7H11ClO3/c8-2-1-6-3-5(9)4-7(10)11-6/h5-6,9H,1-4H2. The van der Waals surface area contributed by atoms with E-state index in [9.17, 15) is 4.79 Å². The summed E-state index contributed by atoms with van der Waals surface area (Å²) in [5.41, 5.74) is 0. The van der Waals surface area contributed by atoms with Crippen molar-refractivity contribution in [2.45, 2.75) is 31.5 Å². The number of aliphatic hydroxyl groups excluding tert-OH is 1. The summed E-state index contributed by atoms with van der Waals surface area (Å²) in [6, 6.07) is 0. The van der Waals surface area contributed by atoms with Crippen LogP contribution in [-0.4, -0.2) is 29.2 Å². The van der Waals surface area contributed by atoms with Crippen molar-refractivity contribution >= 4 is 17.6 Å². The fraction of sp³-hybridized carbons (Fsp3) is 0.857. The molecule has 1 saturated heterocycles. The molecular weight excluding hydrogens is 168 g/mol. The molecule has 2 atom stereocenters. The first kappa shape index (κ1) is 8.81. The Balaban J connectivity index is 2.36. The predicted octanol–water partition coefficient (Wildman–Crippen LogP) is 0.682. The minimum atomic E-state index is -0.538. The van der Waals surface area contributed by atoms with E-state index in [0.29, 0.717) is 18.7 Å². The lowest BCUT2D eigenvalue weighted by Gasteiger charge is -2.25. The van der Waals surface area contributed by atoms with Crippen LogP contribution in [0.25, 0.3) is 0 Å². The van der Waals surface area contributed by atoms with E-state index in [1.807, 2.05) is 0 Å². The lowest BCUT2D eigenvalue weighted by molar-refractivity contribution is -0.159. The molecule has 0 bridgehead atoms. The Hall–Kier alpha value is -0.280. The van der Waals surface area contributed by atoms with Crippen LogP contribution < -0.4 is 0 Å². The van der Waals surface area contributed by atoms with Crippen LogP contribution in [0.2, 0.25) is 0 Å². The van der Waals surface area contributed by atoms with Crippen molar-refractivity contribution in [2.75, 3.05) is 5.88 Å². The average Bonchev–Trinajstić information content (AvgIpc) is 1.85. The van der Waals surface area contributed by atoms with Crippen molar-refractivity contribution in [1.82, 2.24) is 0 Å². The summed E-state index contributed by atoms with van der Waals surface area (Å²) in [7, 11) is 0. The van der Waals surface area contributed by atoms with Crippen molar-refractivity contribution in [1.29, 1.82) is 0 Å². The first-order valence-electron chi connectivity index (χ1n) is 3.66. The molecule has 1 aliphatic rings. The highest BCUT2D eigenvalue weighted by Crippen LogP contribution is 2.17. The summed E-state index contributed by atoms with van der Waals surface area (Å²) < 4.78 is 4.91. The topological polar surface area (TPSA) is 46.5 Å².